The molecule has 0 aliphatic carbocycles. The number of aromatic nitrogens is 1. The molecule has 0 bridgehead atoms. The van der Waals surface area contributed by atoms with Crippen LogP contribution in [0.1, 0.15) is 27.0 Å². The molecule has 0 unspecified atom stereocenters. The smallest absolute Gasteiger partial charge is 0.366 e. The third kappa shape index (κ3) is 3.01. The number of hydrogen-bond donors (Lipinski definition) is 1. The normalized spacial score (nSPS) is 12.0. The van der Waals surface area contributed by atoms with Crippen molar-refractivity contribution >= 4 is 27.7 Å². The van der Waals surface area contributed by atoms with Crippen molar-refractivity contribution in [2.24, 2.45) is 5.73 Å². The maximum absolute atomic E-state index is 13.3. The van der Waals surface area contributed by atoms with E-state index in [1.807, 2.05) is 31.2 Å². The number of fused-ring (bicyclic) bond motifs is 3. The zero-order valence-electron chi connectivity index (χ0n) is 15.0. The highest BCUT2D eigenvalue weighted by atomic mass is 19.4. The number of halogens is 3. The molecule has 4 rings (SSSR count). The van der Waals surface area contributed by atoms with Gasteiger partial charge in [-0.1, -0.05) is 35.9 Å². The summed E-state index contributed by atoms with van der Waals surface area (Å²) in [5, 5.41) is 0.968. The number of hydrogen-bond acceptors (Lipinski definition) is 1. The second-order valence-corrected chi connectivity index (χ2v) is 6.78. The van der Waals surface area contributed by atoms with E-state index in [9.17, 15) is 18.0 Å². The van der Waals surface area contributed by atoms with Crippen LogP contribution in [0.15, 0.2) is 54.6 Å². The number of nitrogens with zero attached hydrogens (tertiary/aromatic N) is 1. The first-order chi connectivity index (χ1) is 13.3. The van der Waals surface area contributed by atoms with Crippen LogP contribution in [0.4, 0.5) is 13.2 Å². The number of primary amides is 1. The van der Waals surface area contributed by atoms with Crippen LogP contribution in [-0.4, -0.2) is 10.5 Å². The summed E-state index contributed by atoms with van der Waals surface area (Å²) in [5.41, 5.74) is 8.02. The molecule has 0 fully saturated rings. The van der Waals surface area contributed by atoms with Gasteiger partial charge in [0.05, 0.1) is 16.6 Å². The van der Waals surface area contributed by atoms with Crippen LogP contribution in [0.5, 0.6) is 0 Å². The van der Waals surface area contributed by atoms with Crippen molar-refractivity contribution in [3.05, 3.63) is 82.9 Å². The summed E-state index contributed by atoms with van der Waals surface area (Å²) in [4.78, 5) is 11.9. The quantitative estimate of drug-likeness (QED) is 0.529. The van der Waals surface area contributed by atoms with Crippen molar-refractivity contribution in [1.29, 1.82) is 0 Å². The molecular formula is C22H16F3N2O. The fourth-order valence-corrected chi connectivity index (χ4v) is 3.47. The van der Waals surface area contributed by atoms with E-state index < -0.39 is 17.6 Å². The summed E-state index contributed by atoms with van der Waals surface area (Å²) in [5.74, 6) is -0.631. The second-order valence-electron chi connectivity index (χ2n) is 6.78. The van der Waals surface area contributed by atoms with Gasteiger partial charge < -0.3 is 10.3 Å². The molecule has 6 heteroatoms. The Labute approximate surface area is 159 Å². The highest BCUT2D eigenvalue weighted by Gasteiger charge is 2.31. The third-order valence-corrected chi connectivity index (χ3v) is 4.85. The predicted octanol–water partition coefficient (Wildman–Crippen LogP) is 5.07. The summed E-state index contributed by atoms with van der Waals surface area (Å²) < 4.78 is 41.6. The van der Waals surface area contributed by atoms with Crippen LogP contribution in [0.3, 0.4) is 0 Å². The molecule has 0 saturated carbocycles. The number of carbonyl (C=O) groups excluding carboxylic acids is 1. The zero-order chi connectivity index (χ0) is 20.1. The van der Waals surface area contributed by atoms with E-state index in [2.05, 4.69) is 6.07 Å². The molecule has 1 amide bonds. The zero-order valence-corrected chi connectivity index (χ0v) is 15.0. The Bertz CT molecular complexity index is 1200. The van der Waals surface area contributed by atoms with Gasteiger partial charge in [-0.3, -0.25) is 4.79 Å². The van der Waals surface area contributed by atoms with Gasteiger partial charge in [0, 0.05) is 22.9 Å². The number of rotatable bonds is 3. The Kier molecular flexibility index (Phi) is 4.14. The number of carbonyl (C=O) groups is 1. The van der Waals surface area contributed by atoms with E-state index in [0.29, 0.717) is 28.4 Å². The number of nitrogens with two attached hydrogens (primary N) is 1. The maximum atomic E-state index is 13.3. The first-order valence-electron chi connectivity index (χ1n) is 8.65. The lowest BCUT2D eigenvalue weighted by molar-refractivity contribution is -0.137. The highest BCUT2D eigenvalue weighted by molar-refractivity contribution is 6.17. The second kappa shape index (κ2) is 6.41. The fraction of sp³-hybridized carbons (Fsp3) is 0.136. The van der Waals surface area contributed by atoms with Crippen molar-refractivity contribution in [2.75, 3.05) is 0 Å². The highest BCUT2D eigenvalue weighted by Crippen LogP contribution is 2.36. The van der Waals surface area contributed by atoms with Gasteiger partial charge in [-0.2, -0.15) is 13.2 Å². The van der Waals surface area contributed by atoms with Crippen molar-refractivity contribution < 1.29 is 18.0 Å². The Morgan fingerprint density at radius 3 is 2.46 bits per heavy atom. The number of amides is 1. The minimum Gasteiger partial charge on any atom is -0.366 e. The largest absolute Gasteiger partial charge is 0.416 e. The van der Waals surface area contributed by atoms with Gasteiger partial charge in [0.2, 0.25) is 5.91 Å². The van der Waals surface area contributed by atoms with Gasteiger partial charge in [-0.05, 0) is 42.8 Å². The molecule has 28 heavy (non-hydrogen) atoms. The van der Waals surface area contributed by atoms with Crippen LogP contribution >= 0.6 is 0 Å². The summed E-state index contributed by atoms with van der Waals surface area (Å²) in [7, 11) is 0. The summed E-state index contributed by atoms with van der Waals surface area (Å²) in [6.45, 7) is 2.32. The number of benzene rings is 3. The molecule has 0 spiro atoms. The fourth-order valence-electron chi connectivity index (χ4n) is 3.47. The number of alkyl halides is 3. The third-order valence-electron chi connectivity index (χ3n) is 4.85. The molecule has 1 aromatic heterocycles. The molecule has 0 aliphatic heterocycles. The van der Waals surface area contributed by atoms with Crippen LogP contribution in [0.2, 0.25) is 0 Å². The van der Waals surface area contributed by atoms with Crippen LogP contribution in [0.25, 0.3) is 21.8 Å². The van der Waals surface area contributed by atoms with E-state index in [4.69, 9.17) is 5.73 Å². The number of aryl methyl sites for hydroxylation is 1. The molecule has 2 N–H and O–H groups in total. The van der Waals surface area contributed by atoms with Crippen molar-refractivity contribution in [3.63, 3.8) is 0 Å². The molecule has 3 aromatic carbocycles. The van der Waals surface area contributed by atoms with E-state index in [1.54, 1.807) is 22.8 Å². The predicted molar refractivity (Wildman–Crippen MR) is 102 cm³/mol. The summed E-state index contributed by atoms with van der Waals surface area (Å²) in [6.07, 6.45) is -4.48. The van der Waals surface area contributed by atoms with E-state index in [0.717, 1.165) is 23.3 Å². The lowest BCUT2D eigenvalue weighted by Crippen LogP contribution is -2.11. The molecule has 4 aromatic rings. The maximum Gasteiger partial charge on any atom is 0.416 e. The Balaban J connectivity index is 2.04. The molecule has 141 valence electrons. The summed E-state index contributed by atoms with van der Waals surface area (Å²) >= 11 is 0. The average Bonchev–Trinajstić information content (AvgIpc) is 2.96. The van der Waals surface area contributed by atoms with Gasteiger partial charge >= 0.3 is 6.18 Å². The lowest BCUT2D eigenvalue weighted by Gasteiger charge is -2.10. The van der Waals surface area contributed by atoms with Crippen molar-refractivity contribution in [3.8, 4) is 0 Å². The monoisotopic (exact) mass is 381 g/mol. The van der Waals surface area contributed by atoms with Crippen LogP contribution in [-0.2, 0) is 12.7 Å². The molecule has 3 nitrogen and oxygen atoms in total. The Morgan fingerprint density at radius 1 is 1.11 bits per heavy atom. The lowest BCUT2D eigenvalue weighted by atomic mass is 10.0. The van der Waals surface area contributed by atoms with Gasteiger partial charge in [0.25, 0.3) is 0 Å². The molecular weight excluding hydrogens is 365 g/mol. The van der Waals surface area contributed by atoms with Crippen molar-refractivity contribution in [1.82, 2.24) is 4.57 Å². The molecule has 1 heterocycles. The van der Waals surface area contributed by atoms with Gasteiger partial charge in [0.15, 0.2) is 0 Å². The van der Waals surface area contributed by atoms with E-state index in [-0.39, 0.29) is 5.56 Å². The molecule has 0 saturated heterocycles. The van der Waals surface area contributed by atoms with Gasteiger partial charge in [-0.25, -0.2) is 0 Å². The Morgan fingerprint density at radius 2 is 1.82 bits per heavy atom. The van der Waals surface area contributed by atoms with Gasteiger partial charge in [-0.15, -0.1) is 0 Å². The minimum absolute atomic E-state index is 0.265. The average molecular weight is 381 g/mol. The first-order valence-corrected chi connectivity index (χ1v) is 8.65. The topological polar surface area (TPSA) is 48.0 Å². The van der Waals surface area contributed by atoms with Crippen LogP contribution < -0.4 is 5.73 Å². The first kappa shape index (κ1) is 18.1. The molecule has 0 atom stereocenters. The van der Waals surface area contributed by atoms with E-state index >= 15 is 0 Å². The standard InChI is InChI=1S/C22H16F3N2O/c1-13-5-7-14(8-6-13)12-27-18-4-2-3-17(21(26)28)20(18)16-10-9-15(11-19(16)27)22(23,24)25/h2-9,11H,12H2,1H3,(H2,26,28). The SMILES string of the molecule is Cc1ccc(Cn2c3cc(C(F)(F)F)c[c]c3c3c(C(N)=O)cccc32)cc1. The summed E-state index contributed by atoms with van der Waals surface area (Å²) in [6, 6.07) is 17.5. The van der Waals surface area contributed by atoms with Crippen molar-refractivity contribution in [2.45, 2.75) is 19.6 Å². The van der Waals surface area contributed by atoms with Crippen LogP contribution in [0, 0.1) is 13.0 Å². The minimum atomic E-state index is -4.48. The molecule has 0 aliphatic rings. The molecule has 1 radical (unpaired) electrons. The Hall–Kier alpha value is -3.28. The van der Waals surface area contributed by atoms with Gasteiger partial charge in [0.1, 0.15) is 0 Å². The van der Waals surface area contributed by atoms with E-state index in [1.165, 1.54) is 0 Å².